The third kappa shape index (κ3) is 12.0. The van der Waals surface area contributed by atoms with Crippen molar-refractivity contribution < 1.29 is 4.74 Å². The van der Waals surface area contributed by atoms with Gasteiger partial charge in [-0.05, 0) is 19.8 Å². The molecule has 16 heavy (non-hydrogen) atoms. The van der Waals surface area contributed by atoms with Crippen LogP contribution in [0, 0.1) is 0 Å². The summed E-state index contributed by atoms with van der Waals surface area (Å²) in [6, 6.07) is 0. The number of nitrogens with zero attached hydrogens (tertiary/aromatic N) is 1. The van der Waals surface area contributed by atoms with Gasteiger partial charge in [0, 0.05) is 33.4 Å². The number of unbranched alkanes of at least 4 members (excludes halogenated alkanes) is 1. The van der Waals surface area contributed by atoms with E-state index in [1.165, 1.54) is 12.8 Å². The molecule has 0 aromatic heterocycles. The van der Waals surface area contributed by atoms with E-state index in [4.69, 9.17) is 4.74 Å². The average Bonchev–Trinajstić information content (AvgIpc) is 2.26. The van der Waals surface area contributed by atoms with Crippen LogP contribution in [-0.2, 0) is 4.74 Å². The van der Waals surface area contributed by atoms with Crippen LogP contribution in [0.15, 0.2) is 4.99 Å². The number of halogens is 1. The summed E-state index contributed by atoms with van der Waals surface area (Å²) in [5.74, 6) is 0.889. The van der Waals surface area contributed by atoms with Crippen molar-refractivity contribution in [3.63, 3.8) is 0 Å². The van der Waals surface area contributed by atoms with Crippen LogP contribution in [0.1, 0.15) is 33.1 Å². The van der Waals surface area contributed by atoms with E-state index in [1.54, 1.807) is 7.05 Å². The molecule has 98 valence electrons. The number of hydrogen-bond acceptors (Lipinski definition) is 2. The summed E-state index contributed by atoms with van der Waals surface area (Å²) in [5, 5.41) is 6.51. The molecule has 0 amide bonds. The fourth-order valence-corrected chi connectivity index (χ4v) is 1.13. The number of guanidine groups is 1. The lowest BCUT2D eigenvalue weighted by Gasteiger charge is -2.11. The fraction of sp³-hybridized carbons (Fsp3) is 0.909. The van der Waals surface area contributed by atoms with Crippen molar-refractivity contribution in [2.45, 2.75) is 33.1 Å². The van der Waals surface area contributed by atoms with E-state index in [0.29, 0.717) is 0 Å². The lowest BCUT2D eigenvalue weighted by Crippen LogP contribution is -2.38. The normalized spacial score (nSPS) is 10.8. The van der Waals surface area contributed by atoms with Crippen LogP contribution in [0.2, 0.25) is 0 Å². The van der Waals surface area contributed by atoms with E-state index in [9.17, 15) is 0 Å². The molecule has 0 aliphatic heterocycles. The first-order valence-corrected chi connectivity index (χ1v) is 5.87. The SMILES string of the molecule is CCCCNC(=NC)NCCCOCC.I. The van der Waals surface area contributed by atoms with Gasteiger partial charge in [0.1, 0.15) is 0 Å². The maximum atomic E-state index is 5.25. The van der Waals surface area contributed by atoms with Crippen molar-refractivity contribution >= 4 is 29.9 Å². The van der Waals surface area contributed by atoms with Gasteiger partial charge in [-0.3, -0.25) is 4.99 Å². The van der Waals surface area contributed by atoms with Crippen molar-refractivity contribution in [2.75, 3.05) is 33.4 Å². The van der Waals surface area contributed by atoms with Crippen molar-refractivity contribution in [3.05, 3.63) is 0 Å². The van der Waals surface area contributed by atoms with Crippen LogP contribution >= 0.6 is 24.0 Å². The van der Waals surface area contributed by atoms with Crippen molar-refractivity contribution in [1.82, 2.24) is 10.6 Å². The molecule has 0 radical (unpaired) electrons. The second-order valence-corrected chi connectivity index (χ2v) is 3.33. The fourth-order valence-electron chi connectivity index (χ4n) is 1.13. The number of aliphatic imine (C=N–C) groups is 1. The Labute approximate surface area is 117 Å². The number of rotatable bonds is 8. The molecule has 0 aromatic rings. The highest BCUT2D eigenvalue weighted by atomic mass is 127. The van der Waals surface area contributed by atoms with Gasteiger partial charge >= 0.3 is 0 Å². The van der Waals surface area contributed by atoms with Gasteiger partial charge < -0.3 is 15.4 Å². The molecular formula is C11H26IN3O. The molecule has 0 unspecified atom stereocenters. The number of ether oxygens (including phenoxy) is 1. The number of nitrogens with one attached hydrogen (secondary N) is 2. The predicted molar refractivity (Wildman–Crippen MR) is 80.8 cm³/mol. The molecule has 0 bridgehead atoms. The van der Waals surface area contributed by atoms with Crippen molar-refractivity contribution in [2.24, 2.45) is 4.99 Å². The molecule has 0 saturated heterocycles. The Morgan fingerprint density at radius 2 is 1.75 bits per heavy atom. The number of hydrogen-bond donors (Lipinski definition) is 2. The average molecular weight is 343 g/mol. The minimum Gasteiger partial charge on any atom is -0.382 e. The predicted octanol–water partition coefficient (Wildman–Crippen LogP) is 2.00. The summed E-state index contributed by atoms with van der Waals surface area (Å²) in [6.45, 7) is 7.70. The minimum atomic E-state index is 0. The maximum Gasteiger partial charge on any atom is 0.190 e. The van der Waals surface area contributed by atoms with Gasteiger partial charge in [0.25, 0.3) is 0 Å². The summed E-state index contributed by atoms with van der Waals surface area (Å²) in [6.07, 6.45) is 3.40. The van der Waals surface area contributed by atoms with Crippen LogP contribution in [0.4, 0.5) is 0 Å². The molecule has 0 aliphatic rings. The molecule has 0 heterocycles. The zero-order valence-electron chi connectivity index (χ0n) is 10.7. The van der Waals surface area contributed by atoms with Crippen molar-refractivity contribution in [3.8, 4) is 0 Å². The Balaban J connectivity index is 0. The Morgan fingerprint density at radius 3 is 2.25 bits per heavy atom. The van der Waals surface area contributed by atoms with Gasteiger partial charge in [0.05, 0.1) is 0 Å². The summed E-state index contributed by atoms with van der Waals surface area (Å²) in [4.78, 5) is 4.13. The zero-order valence-corrected chi connectivity index (χ0v) is 13.0. The van der Waals surface area contributed by atoms with Gasteiger partial charge in [-0.25, -0.2) is 0 Å². The van der Waals surface area contributed by atoms with Gasteiger partial charge in [-0.15, -0.1) is 24.0 Å². The van der Waals surface area contributed by atoms with Gasteiger partial charge in [-0.2, -0.15) is 0 Å². The van der Waals surface area contributed by atoms with E-state index in [0.717, 1.165) is 38.7 Å². The molecule has 0 fully saturated rings. The van der Waals surface area contributed by atoms with Gasteiger partial charge in [-0.1, -0.05) is 13.3 Å². The molecule has 2 N–H and O–H groups in total. The largest absolute Gasteiger partial charge is 0.382 e. The lowest BCUT2D eigenvalue weighted by atomic mass is 10.3. The zero-order chi connectivity index (χ0) is 11.4. The Kier molecular flexibility index (Phi) is 17.1. The van der Waals surface area contributed by atoms with E-state index >= 15 is 0 Å². The summed E-state index contributed by atoms with van der Waals surface area (Å²) in [5.41, 5.74) is 0. The first kappa shape index (κ1) is 18.3. The standard InChI is InChI=1S/C11H25N3O.HI/c1-4-6-8-13-11(12-3)14-9-7-10-15-5-2;/h4-10H2,1-3H3,(H2,12,13,14);1H. The molecule has 0 saturated carbocycles. The molecule has 0 aliphatic carbocycles. The molecule has 0 rings (SSSR count). The molecule has 0 spiro atoms. The molecular weight excluding hydrogens is 317 g/mol. The van der Waals surface area contributed by atoms with Crippen LogP contribution in [0.5, 0.6) is 0 Å². The first-order chi connectivity index (χ1) is 7.35. The topological polar surface area (TPSA) is 45.7 Å². The van der Waals surface area contributed by atoms with Crippen molar-refractivity contribution in [1.29, 1.82) is 0 Å². The smallest absolute Gasteiger partial charge is 0.190 e. The third-order valence-electron chi connectivity index (χ3n) is 2.01. The van der Waals surface area contributed by atoms with E-state index in [2.05, 4.69) is 22.5 Å². The molecule has 5 heteroatoms. The highest BCUT2D eigenvalue weighted by Crippen LogP contribution is 1.83. The Bertz CT molecular complexity index is 165. The minimum absolute atomic E-state index is 0. The summed E-state index contributed by atoms with van der Waals surface area (Å²) < 4.78 is 5.25. The summed E-state index contributed by atoms with van der Waals surface area (Å²) in [7, 11) is 1.80. The third-order valence-corrected chi connectivity index (χ3v) is 2.01. The Morgan fingerprint density at radius 1 is 1.12 bits per heavy atom. The maximum absolute atomic E-state index is 5.25. The van der Waals surface area contributed by atoms with Crippen LogP contribution in [0.3, 0.4) is 0 Å². The summed E-state index contributed by atoms with van der Waals surface area (Å²) >= 11 is 0. The molecule has 0 atom stereocenters. The monoisotopic (exact) mass is 343 g/mol. The molecule has 4 nitrogen and oxygen atoms in total. The van der Waals surface area contributed by atoms with E-state index < -0.39 is 0 Å². The first-order valence-electron chi connectivity index (χ1n) is 5.87. The second-order valence-electron chi connectivity index (χ2n) is 3.33. The Hall–Kier alpha value is -0.0400. The van der Waals surface area contributed by atoms with Gasteiger partial charge in [0.15, 0.2) is 5.96 Å². The van der Waals surface area contributed by atoms with Crippen LogP contribution in [0.25, 0.3) is 0 Å². The highest BCUT2D eigenvalue weighted by Gasteiger charge is 1.95. The van der Waals surface area contributed by atoms with Crippen LogP contribution in [-0.4, -0.2) is 39.3 Å². The highest BCUT2D eigenvalue weighted by molar-refractivity contribution is 14.0. The lowest BCUT2D eigenvalue weighted by molar-refractivity contribution is 0.145. The van der Waals surface area contributed by atoms with Gasteiger partial charge in [0.2, 0.25) is 0 Å². The molecule has 0 aromatic carbocycles. The quantitative estimate of drug-likeness (QED) is 0.307. The van der Waals surface area contributed by atoms with E-state index in [1.807, 2.05) is 6.92 Å². The van der Waals surface area contributed by atoms with Crippen LogP contribution < -0.4 is 10.6 Å². The second kappa shape index (κ2) is 15.0. The van der Waals surface area contributed by atoms with E-state index in [-0.39, 0.29) is 24.0 Å².